The highest BCUT2D eigenvalue weighted by Gasteiger charge is 2.33. The molecular formula is C23H28N2O3. The van der Waals surface area contributed by atoms with Crippen LogP contribution in [0.3, 0.4) is 0 Å². The zero-order valence-corrected chi connectivity index (χ0v) is 17.0. The molecule has 5 heteroatoms. The predicted molar refractivity (Wildman–Crippen MR) is 109 cm³/mol. The van der Waals surface area contributed by atoms with Crippen LogP contribution in [0.5, 0.6) is 0 Å². The number of carbonyl (C=O) groups is 2. The van der Waals surface area contributed by atoms with Gasteiger partial charge in [-0.25, -0.2) is 0 Å². The highest BCUT2D eigenvalue weighted by molar-refractivity contribution is 5.81. The molecule has 2 atom stereocenters. The number of methoxy groups -OCH3 is 1. The molecule has 3 rings (SSSR count). The molecule has 1 amide bonds. The number of ether oxygens (including phenoxy) is 1. The number of nitrogens with one attached hydrogen (secondary N) is 1. The Balaban J connectivity index is 1.70. The number of carbonyl (C=O) groups excluding carboxylic acids is 2. The second-order valence-corrected chi connectivity index (χ2v) is 7.55. The Hall–Kier alpha value is -2.66. The zero-order chi connectivity index (χ0) is 20.3. The number of nitrogens with zero attached hydrogens (tertiary/aromatic N) is 1. The Kier molecular flexibility index (Phi) is 6.15. The lowest BCUT2D eigenvalue weighted by molar-refractivity contribution is -0.148. The normalized spacial score (nSPS) is 17.5. The molecular weight excluding hydrogens is 352 g/mol. The van der Waals surface area contributed by atoms with E-state index in [0.29, 0.717) is 13.0 Å². The zero-order valence-electron chi connectivity index (χ0n) is 17.0. The van der Waals surface area contributed by atoms with Crippen LogP contribution in [0.2, 0.25) is 0 Å². The number of hydrogen-bond donors (Lipinski definition) is 1. The summed E-state index contributed by atoms with van der Waals surface area (Å²) in [6.45, 7) is 6.83. The minimum Gasteiger partial charge on any atom is -0.468 e. The first-order valence-corrected chi connectivity index (χ1v) is 9.64. The third-order valence-electron chi connectivity index (χ3n) is 5.57. The van der Waals surface area contributed by atoms with Crippen molar-refractivity contribution >= 4 is 11.9 Å². The van der Waals surface area contributed by atoms with Gasteiger partial charge in [0.25, 0.3) is 0 Å². The van der Waals surface area contributed by atoms with Crippen LogP contribution < -0.4 is 5.32 Å². The maximum atomic E-state index is 12.7. The van der Waals surface area contributed by atoms with E-state index in [1.54, 1.807) is 0 Å². The average Bonchev–Trinajstić information content (AvgIpc) is 2.68. The molecule has 28 heavy (non-hydrogen) atoms. The smallest absolute Gasteiger partial charge is 0.323 e. The lowest BCUT2D eigenvalue weighted by Gasteiger charge is -2.34. The van der Waals surface area contributed by atoms with Gasteiger partial charge in [-0.05, 0) is 55.0 Å². The van der Waals surface area contributed by atoms with E-state index in [-0.39, 0.29) is 24.5 Å². The summed E-state index contributed by atoms with van der Waals surface area (Å²) in [6.07, 6.45) is 0.558. The van der Waals surface area contributed by atoms with E-state index in [9.17, 15) is 9.59 Å². The van der Waals surface area contributed by atoms with Crippen molar-refractivity contribution in [1.29, 1.82) is 0 Å². The van der Waals surface area contributed by atoms with Crippen LogP contribution in [0.4, 0.5) is 0 Å². The number of hydrogen-bond acceptors (Lipinski definition) is 4. The molecule has 2 unspecified atom stereocenters. The van der Waals surface area contributed by atoms with Gasteiger partial charge in [0.15, 0.2) is 0 Å². The minimum atomic E-state index is -0.442. The Labute approximate surface area is 166 Å². The molecule has 0 radical (unpaired) electrons. The maximum Gasteiger partial charge on any atom is 0.323 e. The topological polar surface area (TPSA) is 58.6 Å². The lowest BCUT2D eigenvalue weighted by atomic mass is 9.94. The fraction of sp³-hybridized carbons (Fsp3) is 0.391. The van der Waals surface area contributed by atoms with Crippen LogP contribution in [0.1, 0.15) is 40.8 Å². The lowest BCUT2D eigenvalue weighted by Crippen LogP contribution is -2.50. The van der Waals surface area contributed by atoms with E-state index >= 15 is 0 Å². The Morgan fingerprint density at radius 3 is 2.54 bits per heavy atom. The van der Waals surface area contributed by atoms with E-state index in [2.05, 4.69) is 31.3 Å². The van der Waals surface area contributed by atoms with Gasteiger partial charge in [0.05, 0.1) is 19.7 Å². The third-order valence-corrected chi connectivity index (χ3v) is 5.57. The molecule has 0 saturated heterocycles. The molecule has 1 N–H and O–H groups in total. The van der Waals surface area contributed by atoms with Crippen molar-refractivity contribution in [3.05, 3.63) is 70.3 Å². The number of fused-ring (bicyclic) bond motifs is 1. The number of amides is 1. The van der Waals surface area contributed by atoms with E-state index < -0.39 is 6.04 Å². The quantitative estimate of drug-likeness (QED) is 0.810. The number of esters is 1. The van der Waals surface area contributed by atoms with Crippen molar-refractivity contribution in [2.75, 3.05) is 13.7 Å². The van der Waals surface area contributed by atoms with Crippen molar-refractivity contribution in [2.45, 2.75) is 45.8 Å². The Morgan fingerprint density at radius 2 is 1.86 bits per heavy atom. The van der Waals surface area contributed by atoms with E-state index in [1.807, 2.05) is 42.2 Å². The standard InChI is InChI=1S/C23H28N2O3/c1-15-9-10-18(11-16(15)2)17(3)24-22(26)14-25-13-20-8-6-5-7-19(20)12-21(25)23(27)28-4/h5-11,17,21H,12-14H2,1-4H3,(H,24,26). The molecule has 1 heterocycles. The first-order valence-electron chi connectivity index (χ1n) is 9.64. The van der Waals surface area contributed by atoms with Gasteiger partial charge in [-0.15, -0.1) is 0 Å². The van der Waals surface area contributed by atoms with Gasteiger partial charge in [-0.2, -0.15) is 0 Å². The van der Waals surface area contributed by atoms with E-state index in [1.165, 1.54) is 18.2 Å². The van der Waals surface area contributed by atoms with Crippen LogP contribution in [-0.4, -0.2) is 36.5 Å². The summed E-state index contributed by atoms with van der Waals surface area (Å²) >= 11 is 0. The summed E-state index contributed by atoms with van der Waals surface area (Å²) in [7, 11) is 1.39. The first-order chi connectivity index (χ1) is 13.4. The van der Waals surface area contributed by atoms with Crippen molar-refractivity contribution in [3.63, 3.8) is 0 Å². The summed E-state index contributed by atoms with van der Waals surface area (Å²) in [5.41, 5.74) is 5.80. The second-order valence-electron chi connectivity index (χ2n) is 7.55. The van der Waals surface area contributed by atoms with Crippen molar-refractivity contribution in [3.8, 4) is 0 Å². The largest absolute Gasteiger partial charge is 0.468 e. The van der Waals surface area contributed by atoms with Crippen LogP contribution in [0.25, 0.3) is 0 Å². The van der Waals surface area contributed by atoms with Gasteiger partial charge in [0.2, 0.25) is 5.91 Å². The predicted octanol–water partition coefficient (Wildman–Crippen LogP) is 3.08. The summed E-state index contributed by atoms with van der Waals surface area (Å²) in [5, 5.41) is 3.06. The minimum absolute atomic E-state index is 0.0968. The molecule has 0 aromatic heterocycles. The molecule has 0 bridgehead atoms. The molecule has 0 aliphatic carbocycles. The summed E-state index contributed by atoms with van der Waals surface area (Å²) < 4.78 is 4.98. The van der Waals surface area contributed by atoms with Crippen LogP contribution in [0.15, 0.2) is 42.5 Å². The van der Waals surface area contributed by atoms with E-state index in [4.69, 9.17) is 4.74 Å². The van der Waals surface area contributed by atoms with Crippen molar-refractivity contribution in [1.82, 2.24) is 10.2 Å². The highest BCUT2D eigenvalue weighted by Crippen LogP contribution is 2.24. The summed E-state index contributed by atoms with van der Waals surface area (Å²) in [5.74, 6) is -0.400. The monoisotopic (exact) mass is 380 g/mol. The number of rotatable bonds is 5. The SMILES string of the molecule is COC(=O)C1Cc2ccccc2CN1CC(=O)NC(C)c1ccc(C)c(C)c1. The van der Waals surface area contributed by atoms with Gasteiger partial charge in [0.1, 0.15) is 6.04 Å². The molecule has 1 aliphatic rings. The maximum absolute atomic E-state index is 12.7. The molecule has 2 aromatic carbocycles. The average molecular weight is 380 g/mol. The summed E-state index contributed by atoms with van der Waals surface area (Å²) in [6, 6.07) is 13.7. The molecule has 0 spiro atoms. The highest BCUT2D eigenvalue weighted by atomic mass is 16.5. The second kappa shape index (κ2) is 8.57. The Morgan fingerprint density at radius 1 is 1.14 bits per heavy atom. The van der Waals surface area contributed by atoms with Gasteiger partial charge >= 0.3 is 5.97 Å². The first kappa shape index (κ1) is 20.1. The van der Waals surface area contributed by atoms with Crippen molar-refractivity contribution in [2.24, 2.45) is 0 Å². The number of benzene rings is 2. The van der Waals surface area contributed by atoms with Gasteiger partial charge in [0, 0.05) is 6.54 Å². The summed E-state index contributed by atoms with van der Waals surface area (Å²) in [4.78, 5) is 26.9. The molecule has 0 saturated carbocycles. The van der Waals surface area contributed by atoms with E-state index in [0.717, 1.165) is 16.7 Å². The number of aryl methyl sites for hydroxylation is 2. The third kappa shape index (κ3) is 4.42. The van der Waals surface area contributed by atoms with Gasteiger partial charge < -0.3 is 10.1 Å². The molecule has 0 fully saturated rings. The molecule has 1 aliphatic heterocycles. The molecule has 148 valence electrons. The Bertz CT molecular complexity index is 878. The van der Waals surface area contributed by atoms with Crippen LogP contribution in [-0.2, 0) is 27.3 Å². The van der Waals surface area contributed by atoms with Gasteiger partial charge in [-0.3, -0.25) is 14.5 Å². The fourth-order valence-electron chi connectivity index (χ4n) is 3.70. The van der Waals surface area contributed by atoms with Crippen LogP contribution >= 0.6 is 0 Å². The van der Waals surface area contributed by atoms with Crippen LogP contribution in [0, 0.1) is 13.8 Å². The molecule has 5 nitrogen and oxygen atoms in total. The fourth-order valence-corrected chi connectivity index (χ4v) is 3.70. The van der Waals surface area contributed by atoms with Gasteiger partial charge in [-0.1, -0.05) is 42.5 Å². The van der Waals surface area contributed by atoms with Crippen molar-refractivity contribution < 1.29 is 14.3 Å². The molecule has 2 aromatic rings.